The van der Waals surface area contributed by atoms with Crippen LogP contribution in [0.2, 0.25) is 0 Å². The molecule has 6 nitrogen and oxygen atoms in total. The van der Waals surface area contributed by atoms with E-state index in [0.717, 1.165) is 67.0 Å². The van der Waals surface area contributed by atoms with Gasteiger partial charge >= 0.3 is 0 Å². The summed E-state index contributed by atoms with van der Waals surface area (Å²) in [5.41, 5.74) is 12.4. The molecule has 0 saturated heterocycles. The molecule has 1 aliphatic rings. The monoisotopic (exact) mass is 845 g/mol. The summed E-state index contributed by atoms with van der Waals surface area (Å²) in [6.07, 6.45) is 3.87. The second kappa shape index (κ2) is 18.6. The fourth-order valence-electron chi connectivity index (χ4n) is 9.22. The van der Waals surface area contributed by atoms with E-state index in [0.29, 0.717) is 11.4 Å². The van der Waals surface area contributed by atoms with E-state index in [1.807, 2.05) is 88.3 Å². The number of carbonyl (C=O) groups excluding carboxylic acids is 2. The number of aromatic nitrogens is 2. The Labute approximate surface area is 368 Å². The minimum atomic E-state index is -1.02. The Bertz CT molecular complexity index is 2600. The lowest BCUT2D eigenvalue weighted by atomic mass is 9.80. The maximum atomic E-state index is 16.0. The maximum absolute atomic E-state index is 16.0. The minimum Gasteiger partial charge on any atom is -0.867 e. The van der Waals surface area contributed by atoms with E-state index in [1.165, 1.54) is 0 Å². The van der Waals surface area contributed by atoms with E-state index in [1.54, 1.807) is 24.3 Å². The molecule has 1 amide bonds. The number of benzene rings is 6. The molecule has 0 radical (unpaired) electrons. The first-order valence-corrected chi connectivity index (χ1v) is 21.4. The Hall–Kier alpha value is -6.21. The van der Waals surface area contributed by atoms with Crippen LogP contribution in [0.25, 0.3) is 28.3 Å². The van der Waals surface area contributed by atoms with E-state index in [-0.39, 0.29) is 22.6 Å². The Balaban J connectivity index is 0.00000182. The van der Waals surface area contributed by atoms with Crippen molar-refractivity contribution in [2.45, 2.75) is 59.4 Å². The Kier molecular flexibility index (Phi) is 13.1. The number of aryl methyl sites for hydroxylation is 6. The predicted octanol–water partition coefficient (Wildman–Crippen LogP) is 10.7. The zero-order chi connectivity index (χ0) is 43.4. The van der Waals surface area contributed by atoms with Crippen molar-refractivity contribution in [2.24, 2.45) is 0 Å². The van der Waals surface area contributed by atoms with Gasteiger partial charge in [-0.3, -0.25) is 9.59 Å². The van der Waals surface area contributed by atoms with Crippen LogP contribution in [0, 0.1) is 41.5 Å². The molecular formula is C53H49Cl2N3O3. The normalized spacial score (nSPS) is 16.8. The number of hydrogen-bond donors (Lipinski definition) is 1. The average molecular weight is 847 g/mol. The van der Waals surface area contributed by atoms with Crippen LogP contribution >= 0.6 is 23.2 Å². The van der Waals surface area contributed by atoms with Crippen LogP contribution in [-0.2, 0) is 4.79 Å². The van der Waals surface area contributed by atoms with Gasteiger partial charge in [0.15, 0.2) is 5.78 Å². The van der Waals surface area contributed by atoms with Crippen molar-refractivity contribution in [3.63, 3.8) is 0 Å². The van der Waals surface area contributed by atoms with Gasteiger partial charge in [-0.1, -0.05) is 139 Å². The molecule has 1 fully saturated rings. The number of amides is 1. The van der Waals surface area contributed by atoms with Gasteiger partial charge in [0.1, 0.15) is 23.8 Å². The van der Waals surface area contributed by atoms with Gasteiger partial charge in [0.05, 0.1) is 11.4 Å². The van der Waals surface area contributed by atoms with Crippen LogP contribution in [0.15, 0.2) is 157 Å². The summed E-state index contributed by atoms with van der Waals surface area (Å²) in [5.74, 6) is -2.07. The maximum Gasteiger partial charge on any atom is 0.284 e. The van der Waals surface area contributed by atoms with Gasteiger partial charge in [-0.15, -0.1) is 23.2 Å². The summed E-state index contributed by atoms with van der Waals surface area (Å²) < 4.78 is 3.91. The second-order valence-corrected chi connectivity index (χ2v) is 16.6. The predicted molar refractivity (Wildman–Crippen MR) is 246 cm³/mol. The van der Waals surface area contributed by atoms with Crippen molar-refractivity contribution in [1.29, 1.82) is 0 Å². The fraction of sp³-hybridized carbons (Fsp3) is 0.189. The van der Waals surface area contributed by atoms with E-state index in [4.69, 9.17) is 23.2 Å². The first kappa shape index (κ1) is 42.9. The number of ketones is 1. The fourth-order valence-corrected chi connectivity index (χ4v) is 9.22. The number of Topliss-reactive ketones (excluding diaryl/α,β-unsaturated/α-hetero) is 1. The van der Waals surface area contributed by atoms with Gasteiger partial charge in [-0.2, -0.15) is 9.13 Å². The van der Waals surface area contributed by atoms with Gasteiger partial charge in [0.2, 0.25) is 0 Å². The van der Waals surface area contributed by atoms with Crippen molar-refractivity contribution in [3.8, 4) is 22.5 Å². The highest BCUT2D eigenvalue weighted by atomic mass is 35.5. The number of halogens is 2. The standard InChI is InChI=1S/C52H47N3O3.CH2Cl2/c1-32-28-34(3)47(35(4)29-32)54-26-27-55(48-36(5)30-33(2)31-37(48)6)52(54)50(57)45-43(41-24-22-39(23-25-41)38-16-10-7-11-17-38)44(40-18-12-8-13-19-40)46(49(45)56)53-51(58)42-20-14-9-15-21-42;2-1-3/h7-31,43-44,46H,1-6H3,(H-,53,56,57,58);1H2/t43-,44-,46+;/m0./s1. The van der Waals surface area contributed by atoms with Crippen molar-refractivity contribution >= 4 is 40.7 Å². The third-order valence-corrected chi connectivity index (χ3v) is 11.5. The van der Waals surface area contributed by atoms with Gasteiger partial charge in [0, 0.05) is 23.0 Å². The third kappa shape index (κ3) is 8.70. The molecule has 8 heteroatoms. The lowest BCUT2D eigenvalue weighted by molar-refractivity contribution is -0.602. The molecule has 1 aromatic heterocycles. The van der Waals surface area contributed by atoms with E-state index >= 15 is 9.90 Å². The molecular weight excluding hydrogens is 798 g/mol. The first-order valence-electron chi connectivity index (χ1n) is 20.4. The van der Waals surface area contributed by atoms with Crippen LogP contribution in [0.1, 0.15) is 72.5 Å². The number of nitrogens with zero attached hydrogens (tertiary/aromatic N) is 2. The molecule has 0 unspecified atom stereocenters. The SMILES string of the molecule is Cc1cc(C)c(-n2cc[n+](-c3c(C)cc(C)cc3C)c2/C([O-])=C2\C(=O)[C@H](NC(=O)c3ccccc3)[C@@H](c3ccccc3)[C@@H]2c2ccc(-c3ccccc3)cc2)c(C)c1.ClCCl. The van der Waals surface area contributed by atoms with Crippen LogP contribution < -0.4 is 15.0 Å². The lowest BCUT2D eigenvalue weighted by Gasteiger charge is -2.27. The number of hydrogen-bond acceptors (Lipinski definition) is 3. The highest BCUT2D eigenvalue weighted by Crippen LogP contribution is 2.50. The molecule has 6 aromatic carbocycles. The molecule has 7 aromatic rings. The number of rotatable bonds is 8. The van der Waals surface area contributed by atoms with Crippen LogP contribution in [0.3, 0.4) is 0 Å². The van der Waals surface area contributed by atoms with Gasteiger partial charge in [-0.05, 0) is 104 Å². The zero-order valence-corrected chi connectivity index (χ0v) is 36.8. The molecule has 0 spiro atoms. The molecule has 8 rings (SSSR count). The summed E-state index contributed by atoms with van der Waals surface area (Å²) in [5, 5.41) is 19.3. The summed E-state index contributed by atoms with van der Waals surface area (Å²) in [6.45, 7) is 12.4. The average Bonchev–Trinajstić information content (AvgIpc) is 3.79. The Morgan fingerprint density at radius 1 is 0.672 bits per heavy atom. The Morgan fingerprint density at radius 2 is 1.16 bits per heavy atom. The zero-order valence-electron chi connectivity index (χ0n) is 35.2. The molecule has 0 bridgehead atoms. The number of carbonyl (C=O) groups is 2. The summed E-state index contributed by atoms with van der Waals surface area (Å²) in [4.78, 5) is 29.4. The lowest BCUT2D eigenvalue weighted by Crippen LogP contribution is -2.42. The number of imidazole rings is 1. The molecule has 61 heavy (non-hydrogen) atoms. The van der Waals surface area contributed by atoms with Crippen molar-refractivity contribution in [2.75, 3.05) is 5.34 Å². The smallest absolute Gasteiger partial charge is 0.284 e. The topological polar surface area (TPSA) is 78.0 Å². The molecule has 3 atom stereocenters. The number of alkyl halides is 2. The van der Waals surface area contributed by atoms with E-state index in [2.05, 4.69) is 95.4 Å². The van der Waals surface area contributed by atoms with Gasteiger partial charge in [0.25, 0.3) is 11.7 Å². The Morgan fingerprint density at radius 3 is 1.72 bits per heavy atom. The van der Waals surface area contributed by atoms with Crippen LogP contribution in [0.5, 0.6) is 0 Å². The van der Waals surface area contributed by atoms with Crippen LogP contribution in [0.4, 0.5) is 0 Å². The molecule has 0 aliphatic heterocycles. The van der Waals surface area contributed by atoms with Gasteiger partial charge < -0.3 is 10.4 Å². The second-order valence-electron chi connectivity index (χ2n) is 15.8. The molecule has 1 N–H and O–H groups in total. The molecule has 308 valence electrons. The van der Waals surface area contributed by atoms with E-state index in [9.17, 15) is 4.79 Å². The molecule has 1 aliphatic carbocycles. The minimum absolute atomic E-state index is 0.137. The molecule has 1 heterocycles. The van der Waals surface area contributed by atoms with Crippen LogP contribution in [-0.4, -0.2) is 27.6 Å². The summed E-state index contributed by atoms with van der Waals surface area (Å²) in [7, 11) is 0. The summed E-state index contributed by atoms with van der Waals surface area (Å²) >= 11 is 9.53. The summed E-state index contributed by atoms with van der Waals surface area (Å²) in [6, 6.07) is 44.5. The first-order chi connectivity index (χ1) is 29.4. The van der Waals surface area contributed by atoms with Crippen molar-refractivity contribution in [3.05, 3.63) is 213 Å². The highest BCUT2D eigenvalue weighted by molar-refractivity contribution is 6.40. The third-order valence-electron chi connectivity index (χ3n) is 11.5. The largest absolute Gasteiger partial charge is 0.867 e. The van der Waals surface area contributed by atoms with E-state index < -0.39 is 23.7 Å². The van der Waals surface area contributed by atoms with Crippen molar-refractivity contribution in [1.82, 2.24) is 9.88 Å². The van der Waals surface area contributed by atoms with Gasteiger partial charge in [-0.25, -0.2) is 0 Å². The highest BCUT2D eigenvalue weighted by Gasteiger charge is 2.50. The van der Waals surface area contributed by atoms with Crippen molar-refractivity contribution < 1.29 is 19.3 Å². The quantitative estimate of drug-likeness (QED) is 0.0716. The number of nitrogens with one attached hydrogen (secondary N) is 1. The molecule has 1 saturated carbocycles.